The average Bonchev–Trinajstić information content (AvgIpc) is 2.50. The number of hydrogen-bond donors (Lipinski definition) is 0. The molecule has 1 heterocycles. The van der Waals surface area contributed by atoms with Crippen LogP contribution >= 0.6 is 15.9 Å². The van der Waals surface area contributed by atoms with Gasteiger partial charge in [-0.2, -0.15) is 0 Å². The molecule has 0 spiro atoms. The van der Waals surface area contributed by atoms with Gasteiger partial charge in [0.15, 0.2) is 6.79 Å². The molecule has 0 bridgehead atoms. The number of methoxy groups -OCH3 is 1. The van der Waals surface area contributed by atoms with E-state index in [2.05, 4.69) is 22.0 Å². The smallest absolute Gasteiger partial charge is 0.256 e. The molecule has 129 valence electrons. The van der Waals surface area contributed by atoms with Gasteiger partial charge in [0.2, 0.25) is 5.91 Å². The van der Waals surface area contributed by atoms with E-state index in [1.54, 1.807) is 25.1 Å². The minimum absolute atomic E-state index is 0. The van der Waals surface area contributed by atoms with Crippen LogP contribution in [0.1, 0.15) is 18.9 Å². The van der Waals surface area contributed by atoms with E-state index in [-0.39, 0.29) is 51.3 Å². The number of hydrogen-bond acceptors (Lipinski definition) is 3. The van der Waals surface area contributed by atoms with Crippen LogP contribution in [0.3, 0.4) is 0 Å². The third-order valence-electron chi connectivity index (χ3n) is 3.39. The summed E-state index contributed by atoms with van der Waals surface area (Å²) in [6, 6.07) is 5.10. The van der Waals surface area contributed by atoms with Crippen LogP contribution in [0.2, 0.25) is 0 Å². The van der Waals surface area contributed by atoms with Crippen LogP contribution in [0.25, 0.3) is 5.70 Å². The minimum atomic E-state index is -2.61. The molecule has 4 nitrogen and oxygen atoms in total. The maximum absolute atomic E-state index is 12.8. The van der Waals surface area contributed by atoms with Crippen LogP contribution in [-0.2, 0) is 42.2 Å². The van der Waals surface area contributed by atoms with Gasteiger partial charge in [-0.25, -0.2) is 14.9 Å². The molecule has 1 aliphatic heterocycles. The van der Waals surface area contributed by atoms with Crippen LogP contribution in [0, 0.1) is 12.0 Å². The fourth-order valence-corrected chi connectivity index (χ4v) is 2.82. The zero-order valence-corrected chi connectivity index (χ0v) is 17.8. The molecule has 1 atom stereocenters. The number of ether oxygens (including phenoxy) is 2. The molecule has 1 aromatic rings. The Morgan fingerprint density at radius 1 is 1.46 bits per heavy atom. The van der Waals surface area contributed by atoms with E-state index in [4.69, 9.17) is 9.47 Å². The summed E-state index contributed by atoms with van der Waals surface area (Å²) < 4.78 is 36.5. The third kappa shape index (κ3) is 5.31. The fourth-order valence-electron chi connectivity index (χ4n) is 2.27. The standard InChI is InChI=1S/C16H17BrF2NO3.Y/c1-10-3-6-14(20(16(10)21)8-15(18)19)12-5-4-11(7-13(12)17)23-9-22-2;/h4-5,7,10,15H,3,8-9H2,1-2H3;/q-1;. The van der Waals surface area contributed by atoms with Crippen molar-refractivity contribution in [2.24, 2.45) is 5.92 Å². The molecule has 1 radical (unpaired) electrons. The van der Waals surface area contributed by atoms with E-state index in [1.165, 1.54) is 7.11 Å². The molecule has 1 unspecified atom stereocenters. The number of benzene rings is 1. The van der Waals surface area contributed by atoms with E-state index in [0.717, 1.165) is 4.90 Å². The minimum Gasteiger partial charge on any atom is -0.468 e. The Labute approximate surface area is 173 Å². The molecule has 1 aliphatic rings. The number of rotatable bonds is 6. The molecule has 8 heteroatoms. The Morgan fingerprint density at radius 3 is 2.75 bits per heavy atom. The quantitative estimate of drug-likeness (QED) is 0.463. The first-order valence-electron chi connectivity index (χ1n) is 7.06. The van der Waals surface area contributed by atoms with E-state index >= 15 is 0 Å². The number of alkyl halides is 2. The van der Waals surface area contributed by atoms with Crippen LogP contribution in [0.4, 0.5) is 8.78 Å². The van der Waals surface area contributed by atoms with Gasteiger partial charge in [-0.1, -0.05) is 33.7 Å². The zero-order valence-electron chi connectivity index (χ0n) is 13.4. The van der Waals surface area contributed by atoms with Crippen molar-refractivity contribution in [2.75, 3.05) is 20.4 Å². The third-order valence-corrected chi connectivity index (χ3v) is 4.05. The first-order valence-corrected chi connectivity index (χ1v) is 7.85. The summed E-state index contributed by atoms with van der Waals surface area (Å²) in [6.45, 7) is 1.18. The summed E-state index contributed by atoms with van der Waals surface area (Å²) in [5, 5.41) is 0. The van der Waals surface area contributed by atoms with E-state index in [9.17, 15) is 13.6 Å². The second-order valence-electron chi connectivity index (χ2n) is 5.16. The Hall–Kier alpha value is -0.366. The van der Waals surface area contributed by atoms with Crippen molar-refractivity contribution < 1.29 is 55.8 Å². The van der Waals surface area contributed by atoms with Crippen molar-refractivity contribution in [3.63, 3.8) is 0 Å². The number of nitrogens with zero attached hydrogens (tertiary/aromatic N) is 1. The molecule has 1 aromatic carbocycles. The van der Waals surface area contributed by atoms with Crippen molar-refractivity contribution in [1.29, 1.82) is 0 Å². The van der Waals surface area contributed by atoms with Crippen LogP contribution in [-0.4, -0.2) is 37.7 Å². The number of halogens is 3. The first kappa shape index (κ1) is 21.7. The van der Waals surface area contributed by atoms with E-state index in [1.807, 2.05) is 0 Å². The van der Waals surface area contributed by atoms with Gasteiger partial charge in [-0.05, 0) is 12.1 Å². The van der Waals surface area contributed by atoms with Crippen molar-refractivity contribution >= 4 is 27.5 Å². The van der Waals surface area contributed by atoms with E-state index in [0.29, 0.717) is 27.9 Å². The predicted octanol–water partition coefficient (Wildman–Crippen LogP) is 3.71. The van der Waals surface area contributed by atoms with Gasteiger partial charge < -0.3 is 14.4 Å². The molecule has 0 fully saturated rings. The number of allylic oxidation sites excluding steroid dienone is 1. The molecule has 0 saturated carbocycles. The molecule has 0 aliphatic carbocycles. The zero-order chi connectivity index (χ0) is 17.0. The maximum Gasteiger partial charge on any atom is 0.256 e. The first-order chi connectivity index (χ1) is 10.9. The maximum atomic E-state index is 12.8. The molecular formula is C16H17BrF2NO3Y-. The van der Waals surface area contributed by atoms with Gasteiger partial charge >= 0.3 is 0 Å². The number of carbonyl (C=O) groups excluding carboxylic acids is 1. The van der Waals surface area contributed by atoms with Gasteiger partial charge in [0, 0.05) is 45.7 Å². The van der Waals surface area contributed by atoms with Crippen molar-refractivity contribution in [1.82, 2.24) is 4.90 Å². The summed E-state index contributed by atoms with van der Waals surface area (Å²) in [7, 11) is 1.51. The summed E-state index contributed by atoms with van der Waals surface area (Å²) in [6.07, 6.45) is 0.865. The summed E-state index contributed by atoms with van der Waals surface area (Å²) in [5.41, 5.74) is 0.995. The second-order valence-corrected chi connectivity index (χ2v) is 6.02. The molecule has 24 heavy (non-hydrogen) atoms. The summed E-state index contributed by atoms with van der Waals surface area (Å²) in [4.78, 5) is 13.3. The van der Waals surface area contributed by atoms with E-state index < -0.39 is 13.0 Å². The van der Waals surface area contributed by atoms with Crippen molar-refractivity contribution in [3.05, 3.63) is 34.3 Å². The van der Waals surface area contributed by atoms with Crippen molar-refractivity contribution in [3.8, 4) is 5.75 Å². The Kier molecular flexibility index (Phi) is 8.98. The summed E-state index contributed by atoms with van der Waals surface area (Å²) in [5.74, 6) is -0.0924. The molecular weight excluding hydrogens is 461 g/mol. The average molecular weight is 478 g/mol. The topological polar surface area (TPSA) is 38.8 Å². The van der Waals surface area contributed by atoms with Gasteiger partial charge in [-0.3, -0.25) is 4.79 Å². The van der Waals surface area contributed by atoms with Crippen LogP contribution < -0.4 is 4.74 Å². The Balaban J connectivity index is 0.00000288. The fraction of sp³-hybridized carbons (Fsp3) is 0.438. The normalized spacial score (nSPS) is 17.6. The molecule has 2 rings (SSSR count). The predicted molar refractivity (Wildman–Crippen MR) is 84.8 cm³/mol. The van der Waals surface area contributed by atoms with Gasteiger partial charge in [0.1, 0.15) is 5.75 Å². The van der Waals surface area contributed by atoms with Gasteiger partial charge in [0.25, 0.3) is 6.43 Å². The number of carbonyl (C=O) groups is 1. The molecule has 1 amide bonds. The Morgan fingerprint density at radius 2 is 2.17 bits per heavy atom. The molecule has 0 aromatic heterocycles. The van der Waals surface area contributed by atoms with Crippen LogP contribution in [0.5, 0.6) is 5.75 Å². The Bertz CT molecular complexity index is 613. The molecule has 0 saturated heterocycles. The largest absolute Gasteiger partial charge is 0.468 e. The number of amides is 1. The summed E-state index contributed by atoms with van der Waals surface area (Å²) >= 11 is 3.40. The van der Waals surface area contributed by atoms with Crippen LogP contribution in [0.15, 0.2) is 22.7 Å². The SMILES string of the molecule is COCOc1ccc(C2=[C-]CC(C)C(=O)N2CC(F)F)c(Br)c1.[Y]. The van der Waals surface area contributed by atoms with Gasteiger partial charge in [-0.15, -0.1) is 17.3 Å². The monoisotopic (exact) mass is 477 g/mol. The van der Waals surface area contributed by atoms with Crippen molar-refractivity contribution in [2.45, 2.75) is 19.8 Å². The van der Waals surface area contributed by atoms with Gasteiger partial charge in [0.05, 0.1) is 6.54 Å². The second kappa shape index (κ2) is 9.95. The molecule has 0 N–H and O–H groups in total.